The van der Waals surface area contributed by atoms with E-state index in [1.54, 1.807) is 38.2 Å². The number of carboxylic acid groups (broad SMARTS) is 1. The Balaban J connectivity index is 0.00000420. The fourth-order valence-electron chi connectivity index (χ4n) is 3.91. The monoisotopic (exact) mass is 563 g/mol. The maximum absolute atomic E-state index is 14.9. The molecule has 0 bridgehead atoms. The van der Waals surface area contributed by atoms with Gasteiger partial charge in [-0.1, -0.05) is 47.6 Å². The maximum Gasteiger partial charge on any atom is 0.417 e. The highest BCUT2D eigenvalue weighted by Gasteiger charge is 2.35. The topological polar surface area (TPSA) is 79.5 Å². The van der Waals surface area contributed by atoms with Crippen molar-refractivity contribution in [2.75, 3.05) is 7.05 Å². The van der Waals surface area contributed by atoms with Crippen LogP contribution in [0.5, 0.6) is 0 Å². The van der Waals surface area contributed by atoms with E-state index in [9.17, 15) is 27.5 Å². The van der Waals surface area contributed by atoms with Gasteiger partial charge in [0, 0.05) is 23.2 Å². The van der Waals surface area contributed by atoms with Crippen LogP contribution in [0.3, 0.4) is 0 Å². The first-order chi connectivity index (χ1) is 17.8. The first kappa shape index (κ1) is 29.8. The normalized spacial score (nSPS) is 11.9. The number of benzene rings is 3. The molecule has 1 heterocycles. The average Bonchev–Trinajstić information content (AvgIpc) is 3.35. The predicted molar refractivity (Wildman–Crippen MR) is 141 cm³/mol. The number of carboxylic acids is 1. The van der Waals surface area contributed by atoms with Crippen molar-refractivity contribution in [1.29, 1.82) is 0 Å². The third-order valence-corrected chi connectivity index (χ3v) is 6.63. The van der Waals surface area contributed by atoms with Crippen LogP contribution in [0.1, 0.15) is 30.5 Å². The first-order valence-corrected chi connectivity index (χ1v) is 11.6. The van der Waals surface area contributed by atoms with Crippen molar-refractivity contribution in [2.45, 2.75) is 39.0 Å². The lowest BCUT2D eigenvalue weighted by molar-refractivity contribution is -0.148. The SMILES string of the molecule is Cc1ccccc1-c1ccc(-c2nc(-c3ccc(CN(C)C(C)(C)C(=O)O)c(F)c3)no2)cc1C(F)(F)F.Cl. The summed E-state index contributed by atoms with van der Waals surface area (Å²) >= 11 is 0. The van der Waals surface area contributed by atoms with Gasteiger partial charge in [-0.25, -0.2) is 4.39 Å². The van der Waals surface area contributed by atoms with Gasteiger partial charge < -0.3 is 9.63 Å². The summed E-state index contributed by atoms with van der Waals surface area (Å²) in [7, 11) is 1.58. The van der Waals surface area contributed by atoms with E-state index in [-0.39, 0.29) is 52.9 Å². The summed E-state index contributed by atoms with van der Waals surface area (Å²) in [5.74, 6) is -1.80. The summed E-state index contributed by atoms with van der Waals surface area (Å²) in [5, 5.41) is 13.2. The standard InChI is InChI=1S/C28H25F4N3O3.ClH/c1-16-7-5-6-8-20(16)21-12-11-18(13-22(21)28(30,31)32)25-33-24(34-38-25)17-9-10-19(23(29)14-17)15-35(4)27(2,3)26(36)37;/h5-14H,15H2,1-4H3,(H,36,37);1H. The fourth-order valence-corrected chi connectivity index (χ4v) is 3.91. The molecule has 1 N–H and O–H groups in total. The summed E-state index contributed by atoms with van der Waals surface area (Å²) in [5.41, 5.74) is -0.259. The Hall–Kier alpha value is -3.76. The van der Waals surface area contributed by atoms with Gasteiger partial charge in [-0.3, -0.25) is 9.69 Å². The van der Waals surface area contributed by atoms with Crippen molar-refractivity contribution in [3.05, 3.63) is 83.2 Å². The zero-order valence-corrected chi connectivity index (χ0v) is 22.3. The Bertz CT molecular complexity index is 1500. The molecule has 0 saturated heterocycles. The van der Waals surface area contributed by atoms with Crippen LogP contribution >= 0.6 is 12.4 Å². The molecule has 0 saturated carbocycles. The van der Waals surface area contributed by atoms with Crippen molar-refractivity contribution in [3.63, 3.8) is 0 Å². The molecule has 0 spiro atoms. The van der Waals surface area contributed by atoms with Gasteiger partial charge in [-0.15, -0.1) is 12.4 Å². The minimum atomic E-state index is -4.63. The lowest BCUT2D eigenvalue weighted by Crippen LogP contribution is -2.47. The van der Waals surface area contributed by atoms with E-state index in [2.05, 4.69) is 10.1 Å². The Morgan fingerprint density at radius 2 is 1.67 bits per heavy atom. The van der Waals surface area contributed by atoms with E-state index in [1.807, 2.05) is 0 Å². The maximum atomic E-state index is 14.9. The summed E-state index contributed by atoms with van der Waals surface area (Å²) in [6.45, 7) is 4.81. The van der Waals surface area contributed by atoms with Crippen LogP contribution in [-0.4, -0.2) is 38.7 Å². The smallest absolute Gasteiger partial charge is 0.417 e. The number of hydrogen-bond acceptors (Lipinski definition) is 5. The highest BCUT2D eigenvalue weighted by molar-refractivity contribution is 5.85. The molecule has 0 aliphatic carbocycles. The molecule has 0 atom stereocenters. The van der Waals surface area contributed by atoms with Crippen LogP contribution in [0.4, 0.5) is 17.6 Å². The van der Waals surface area contributed by atoms with Crippen molar-refractivity contribution in [1.82, 2.24) is 15.0 Å². The molecule has 0 aliphatic heterocycles. The van der Waals surface area contributed by atoms with Gasteiger partial charge in [0.05, 0.1) is 5.56 Å². The number of hydrogen-bond donors (Lipinski definition) is 1. The van der Waals surface area contributed by atoms with Crippen LogP contribution in [-0.2, 0) is 17.5 Å². The summed E-state index contributed by atoms with van der Waals surface area (Å²) < 4.78 is 62.0. The molecule has 3 aromatic carbocycles. The van der Waals surface area contributed by atoms with Gasteiger partial charge in [-0.05, 0) is 62.7 Å². The summed E-state index contributed by atoms with van der Waals surface area (Å²) in [6.07, 6.45) is -4.63. The molecule has 0 amide bonds. The number of rotatable bonds is 7. The number of nitrogens with zero attached hydrogens (tertiary/aromatic N) is 3. The summed E-state index contributed by atoms with van der Waals surface area (Å²) in [6, 6.07) is 14.8. The molecule has 0 aliphatic rings. The largest absolute Gasteiger partial charge is 0.480 e. The van der Waals surface area contributed by atoms with Crippen molar-refractivity contribution < 1.29 is 32.0 Å². The van der Waals surface area contributed by atoms with Gasteiger partial charge in [0.25, 0.3) is 5.89 Å². The number of aliphatic carboxylic acids is 1. The number of alkyl halides is 3. The minimum absolute atomic E-state index is 0. The van der Waals surface area contributed by atoms with Crippen LogP contribution < -0.4 is 0 Å². The molecule has 0 fully saturated rings. The second-order valence-electron chi connectivity index (χ2n) is 9.52. The molecule has 1 aromatic heterocycles. The zero-order chi connectivity index (χ0) is 27.8. The van der Waals surface area contributed by atoms with Crippen LogP contribution in [0.25, 0.3) is 34.0 Å². The van der Waals surface area contributed by atoms with E-state index in [0.29, 0.717) is 11.1 Å². The molecule has 11 heteroatoms. The highest BCUT2D eigenvalue weighted by atomic mass is 35.5. The number of aromatic nitrogens is 2. The van der Waals surface area contributed by atoms with Gasteiger partial charge in [-0.2, -0.15) is 18.2 Å². The number of carbonyl (C=O) groups is 1. The van der Waals surface area contributed by atoms with Crippen molar-refractivity contribution >= 4 is 18.4 Å². The molecular weight excluding hydrogens is 538 g/mol. The lowest BCUT2D eigenvalue weighted by Gasteiger charge is -2.31. The van der Waals surface area contributed by atoms with Crippen molar-refractivity contribution in [2.24, 2.45) is 0 Å². The third kappa shape index (κ3) is 6.12. The molecule has 206 valence electrons. The molecule has 0 radical (unpaired) electrons. The Labute approximate surface area is 228 Å². The van der Waals surface area contributed by atoms with E-state index in [4.69, 9.17) is 4.52 Å². The molecule has 4 rings (SSSR count). The third-order valence-electron chi connectivity index (χ3n) is 6.63. The van der Waals surface area contributed by atoms with E-state index in [1.165, 1.54) is 49.1 Å². The number of aryl methyl sites for hydroxylation is 1. The van der Waals surface area contributed by atoms with Gasteiger partial charge in [0.1, 0.15) is 11.4 Å². The van der Waals surface area contributed by atoms with Crippen molar-refractivity contribution in [3.8, 4) is 34.0 Å². The number of halogens is 5. The van der Waals surface area contributed by atoms with Gasteiger partial charge >= 0.3 is 12.1 Å². The molecule has 4 aromatic rings. The number of likely N-dealkylation sites (N-methyl/N-ethyl adjacent to an activating group) is 1. The lowest BCUT2D eigenvalue weighted by atomic mass is 9.94. The van der Waals surface area contributed by atoms with Gasteiger partial charge in [0.2, 0.25) is 5.82 Å². The summed E-state index contributed by atoms with van der Waals surface area (Å²) in [4.78, 5) is 17.1. The van der Waals surface area contributed by atoms with Crippen LogP contribution in [0, 0.1) is 12.7 Å². The molecule has 6 nitrogen and oxygen atoms in total. The minimum Gasteiger partial charge on any atom is -0.480 e. The Morgan fingerprint density at radius 1 is 1.00 bits per heavy atom. The quantitative estimate of drug-likeness (QED) is 0.239. The predicted octanol–water partition coefficient (Wildman–Crippen LogP) is 7.25. The van der Waals surface area contributed by atoms with Gasteiger partial charge in [0.15, 0.2) is 0 Å². The second-order valence-corrected chi connectivity index (χ2v) is 9.52. The average molecular weight is 564 g/mol. The fraction of sp³-hybridized carbons (Fsp3) is 0.250. The molecular formula is C28H26ClF4N3O3. The Morgan fingerprint density at radius 3 is 2.28 bits per heavy atom. The first-order valence-electron chi connectivity index (χ1n) is 11.6. The zero-order valence-electron chi connectivity index (χ0n) is 21.5. The van der Waals surface area contributed by atoms with E-state index >= 15 is 0 Å². The van der Waals surface area contributed by atoms with Crippen LogP contribution in [0.2, 0.25) is 0 Å². The molecule has 39 heavy (non-hydrogen) atoms. The highest BCUT2D eigenvalue weighted by Crippen LogP contribution is 2.40. The molecule has 0 unspecified atom stereocenters. The van der Waals surface area contributed by atoms with E-state index in [0.717, 1.165) is 6.07 Å². The van der Waals surface area contributed by atoms with Crippen LogP contribution in [0.15, 0.2) is 65.2 Å². The Kier molecular flexibility index (Phi) is 8.52. The van der Waals surface area contributed by atoms with E-state index < -0.39 is 29.1 Å². The second kappa shape index (κ2) is 11.2.